The largest absolute Gasteiger partial charge is 0.480 e. The van der Waals surface area contributed by atoms with Crippen molar-refractivity contribution in [1.29, 1.82) is 0 Å². The number of carbonyl (C=O) groups is 3. The molecule has 2 aromatic rings. The minimum Gasteiger partial charge on any atom is -0.480 e. The molecule has 32 heavy (non-hydrogen) atoms. The van der Waals surface area contributed by atoms with E-state index >= 15 is 0 Å². The molecule has 1 heterocycles. The Labute approximate surface area is 187 Å². The first kappa shape index (κ1) is 25.0. The summed E-state index contributed by atoms with van der Waals surface area (Å²) in [4.78, 5) is 34.2. The summed E-state index contributed by atoms with van der Waals surface area (Å²) in [5.74, 6) is -3.37. The van der Waals surface area contributed by atoms with Crippen LogP contribution < -0.4 is 22.1 Å². The van der Waals surface area contributed by atoms with Gasteiger partial charge in [0.25, 0.3) is 5.91 Å². The molecule has 3 amide bonds. The highest BCUT2D eigenvalue weighted by Gasteiger charge is 2.19. The lowest BCUT2D eigenvalue weighted by Crippen LogP contribution is -2.37. The van der Waals surface area contributed by atoms with Crippen LogP contribution >= 0.6 is 11.3 Å². The van der Waals surface area contributed by atoms with E-state index in [2.05, 4.69) is 10.6 Å². The number of rotatable bonds is 10. The highest BCUT2D eigenvalue weighted by Crippen LogP contribution is 2.36. The third-order valence-corrected chi connectivity index (χ3v) is 5.47. The van der Waals surface area contributed by atoms with E-state index in [1.165, 1.54) is 18.2 Å². The molecule has 0 radical (unpaired) electrons. The highest BCUT2D eigenvalue weighted by atomic mass is 32.1. The van der Waals surface area contributed by atoms with Crippen LogP contribution in [0, 0.1) is 17.6 Å². The molecule has 8 nitrogen and oxygen atoms in total. The van der Waals surface area contributed by atoms with Crippen molar-refractivity contribution >= 4 is 40.3 Å². The molecule has 1 atom stereocenters. The van der Waals surface area contributed by atoms with E-state index in [-0.39, 0.29) is 34.2 Å². The summed E-state index contributed by atoms with van der Waals surface area (Å²) in [6.45, 7) is 3.90. The molecular weight excluding hydrogens is 442 g/mol. The third kappa shape index (κ3) is 6.59. The lowest BCUT2D eigenvalue weighted by molar-refractivity contribution is -0.139. The summed E-state index contributed by atoms with van der Waals surface area (Å²) < 4.78 is 29.2. The molecule has 2 rings (SSSR count). The van der Waals surface area contributed by atoms with Gasteiger partial charge in [-0.2, -0.15) is 0 Å². The molecule has 11 heteroatoms. The van der Waals surface area contributed by atoms with E-state index in [9.17, 15) is 28.3 Å². The average Bonchev–Trinajstić information content (AvgIpc) is 3.08. The molecule has 0 aliphatic heterocycles. The van der Waals surface area contributed by atoms with Crippen LogP contribution in [0.5, 0.6) is 0 Å². The molecule has 7 N–H and O–H groups in total. The van der Waals surface area contributed by atoms with Gasteiger partial charge in [-0.15, -0.1) is 11.3 Å². The lowest BCUT2D eigenvalue weighted by Gasteiger charge is -2.15. The van der Waals surface area contributed by atoms with Crippen LogP contribution in [0.15, 0.2) is 24.3 Å². The monoisotopic (exact) mass is 466 g/mol. The van der Waals surface area contributed by atoms with Crippen molar-refractivity contribution in [2.45, 2.75) is 26.3 Å². The standard InChI is InChI=1S/C21H24F2N4O4S/c1-10(2)6-16(20(29)30)26-5-3-4-12-14(22)7-11(8-15(12)23)17-9-13(18(24)28)19(32-17)27-21(25)31/h3-4,7-10,16,26H,5-6H2,1-2H3,(H2,24,28)(H,29,30)(H3,25,27,31)/t16-/m0/s1. The topological polar surface area (TPSA) is 148 Å². The summed E-state index contributed by atoms with van der Waals surface area (Å²) in [6.07, 6.45) is 3.07. The molecule has 0 unspecified atom stereocenters. The molecule has 0 aliphatic carbocycles. The van der Waals surface area contributed by atoms with E-state index in [1.54, 1.807) is 0 Å². The number of thiophene rings is 1. The van der Waals surface area contributed by atoms with Crippen molar-refractivity contribution in [2.24, 2.45) is 17.4 Å². The van der Waals surface area contributed by atoms with Gasteiger partial charge in [0.1, 0.15) is 22.7 Å². The van der Waals surface area contributed by atoms with Gasteiger partial charge in [-0.1, -0.05) is 26.0 Å². The Morgan fingerprint density at radius 1 is 1.16 bits per heavy atom. The zero-order chi connectivity index (χ0) is 24.0. The first-order valence-electron chi connectivity index (χ1n) is 9.61. The summed E-state index contributed by atoms with van der Waals surface area (Å²) in [5.41, 5.74) is 10.2. The van der Waals surface area contributed by atoms with Gasteiger partial charge in [0.05, 0.1) is 5.56 Å². The van der Waals surface area contributed by atoms with Crippen molar-refractivity contribution in [1.82, 2.24) is 5.32 Å². The second-order valence-corrected chi connectivity index (χ2v) is 8.44. The molecule has 0 saturated heterocycles. The fraction of sp³-hybridized carbons (Fsp3) is 0.286. The normalized spacial score (nSPS) is 12.3. The number of anilines is 1. The van der Waals surface area contributed by atoms with Gasteiger partial charge in [0.2, 0.25) is 0 Å². The maximum Gasteiger partial charge on any atom is 0.320 e. The molecule has 0 spiro atoms. The molecule has 0 saturated carbocycles. The second-order valence-electron chi connectivity index (χ2n) is 7.39. The number of primary amides is 2. The van der Waals surface area contributed by atoms with Gasteiger partial charge in [0.15, 0.2) is 0 Å². The van der Waals surface area contributed by atoms with Gasteiger partial charge in [-0.3, -0.25) is 14.9 Å². The average molecular weight is 467 g/mol. The van der Waals surface area contributed by atoms with Gasteiger partial charge >= 0.3 is 12.0 Å². The number of benzene rings is 1. The van der Waals surface area contributed by atoms with Crippen LogP contribution in [0.1, 0.15) is 36.2 Å². The van der Waals surface area contributed by atoms with E-state index in [4.69, 9.17) is 11.5 Å². The van der Waals surface area contributed by atoms with E-state index in [0.717, 1.165) is 23.5 Å². The molecular formula is C21H24F2N4O4S. The number of carboxylic acids is 1. The third-order valence-electron chi connectivity index (χ3n) is 4.37. The number of urea groups is 1. The van der Waals surface area contributed by atoms with E-state index < -0.39 is 35.6 Å². The first-order valence-corrected chi connectivity index (χ1v) is 10.4. The number of amides is 3. The molecule has 0 aliphatic rings. The smallest absolute Gasteiger partial charge is 0.320 e. The zero-order valence-corrected chi connectivity index (χ0v) is 18.3. The predicted molar refractivity (Wildman–Crippen MR) is 119 cm³/mol. The zero-order valence-electron chi connectivity index (χ0n) is 17.4. The maximum absolute atomic E-state index is 14.6. The second kappa shape index (κ2) is 10.8. The predicted octanol–water partition coefficient (Wildman–Crippen LogP) is 3.38. The first-order chi connectivity index (χ1) is 15.0. The number of aliphatic carboxylic acids is 1. The van der Waals surface area contributed by atoms with Gasteiger partial charge in [-0.25, -0.2) is 13.6 Å². The van der Waals surface area contributed by atoms with Crippen LogP contribution in [-0.2, 0) is 4.79 Å². The molecule has 0 fully saturated rings. The number of hydrogen-bond acceptors (Lipinski definition) is 5. The maximum atomic E-state index is 14.6. The Kier molecular flexibility index (Phi) is 8.44. The van der Waals surface area contributed by atoms with Crippen molar-refractivity contribution in [3.05, 3.63) is 47.0 Å². The van der Waals surface area contributed by atoms with E-state index in [1.807, 2.05) is 13.8 Å². The van der Waals surface area contributed by atoms with Crippen LogP contribution in [-0.4, -0.2) is 35.6 Å². The van der Waals surface area contributed by atoms with Crippen molar-refractivity contribution in [3.8, 4) is 10.4 Å². The number of halogens is 2. The fourth-order valence-corrected chi connectivity index (χ4v) is 3.99. The summed E-state index contributed by atoms with van der Waals surface area (Å²) >= 11 is 0.895. The van der Waals surface area contributed by atoms with Gasteiger partial charge in [-0.05, 0) is 36.1 Å². The van der Waals surface area contributed by atoms with Crippen molar-refractivity contribution in [2.75, 3.05) is 11.9 Å². The molecule has 0 bridgehead atoms. The minimum absolute atomic E-state index is 0.0333. The van der Waals surface area contributed by atoms with Crippen LogP contribution in [0.2, 0.25) is 0 Å². The Bertz CT molecular complexity index is 1030. The number of carboxylic acid groups (broad SMARTS) is 1. The number of hydrogen-bond donors (Lipinski definition) is 5. The number of nitrogens with two attached hydrogens (primary N) is 2. The fourth-order valence-electron chi connectivity index (χ4n) is 2.94. The SMILES string of the molecule is CC(C)C[C@H](NCC=Cc1c(F)cc(-c2cc(C(N)=O)c(NC(N)=O)s2)cc1F)C(=O)O. The summed E-state index contributed by atoms with van der Waals surface area (Å²) in [6, 6.07) is 1.80. The Morgan fingerprint density at radius 3 is 2.28 bits per heavy atom. The lowest BCUT2D eigenvalue weighted by atomic mass is 10.0. The van der Waals surface area contributed by atoms with E-state index in [0.29, 0.717) is 11.3 Å². The van der Waals surface area contributed by atoms with Crippen LogP contribution in [0.25, 0.3) is 16.5 Å². The van der Waals surface area contributed by atoms with Crippen molar-refractivity contribution in [3.63, 3.8) is 0 Å². The number of carbonyl (C=O) groups excluding carboxylic acids is 2. The van der Waals surface area contributed by atoms with Crippen LogP contribution in [0.3, 0.4) is 0 Å². The quantitative estimate of drug-likeness (QED) is 0.364. The molecule has 172 valence electrons. The Morgan fingerprint density at radius 2 is 1.78 bits per heavy atom. The Hall–Kier alpha value is -3.31. The minimum atomic E-state index is -0.995. The molecule has 1 aromatic carbocycles. The summed E-state index contributed by atoms with van der Waals surface area (Å²) in [7, 11) is 0. The molecule has 1 aromatic heterocycles. The number of nitrogens with one attached hydrogen (secondary N) is 2. The highest BCUT2D eigenvalue weighted by molar-refractivity contribution is 7.20. The van der Waals surface area contributed by atoms with Crippen molar-refractivity contribution < 1.29 is 28.3 Å². The van der Waals surface area contributed by atoms with Gasteiger partial charge < -0.3 is 21.9 Å². The van der Waals surface area contributed by atoms with Gasteiger partial charge in [0, 0.05) is 17.0 Å². The van der Waals surface area contributed by atoms with Crippen LogP contribution in [0.4, 0.5) is 18.6 Å². The Balaban J connectivity index is 2.22. The summed E-state index contributed by atoms with van der Waals surface area (Å²) in [5, 5.41) is 14.4.